The molecule has 8 nitrogen and oxygen atoms in total. The molecule has 1 aromatic carbocycles. The average Bonchev–Trinajstić information content (AvgIpc) is 2.46. The molecule has 2 N–H and O–H groups in total. The monoisotopic (exact) mass is 355 g/mol. The van der Waals surface area contributed by atoms with Gasteiger partial charge in [-0.15, -0.1) is 0 Å². The smallest absolute Gasteiger partial charge is 0.350 e. The van der Waals surface area contributed by atoms with Crippen LogP contribution in [-0.4, -0.2) is 35.9 Å². The van der Waals surface area contributed by atoms with E-state index in [4.69, 9.17) is 30.9 Å². The molecule has 0 unspecified atom stereocenters. The van der Waals surface area contributed by atoms with Crippen molar-refractivity contribution in [3.63, 3.8) is 0 Å². The number of carbonyl (C=O) groups excluding carboxylic acids is 2. The molecule has 1 aromatic rings. The van der Waals surface area contributed by atoms with Gasteiger partial charge < -0.3 is 24.6 Å². The number of carbonyl (C=O) groups is 3. The standard InChI is InChI=1S/C15H14ClNO7/c1-15(2)23-13(20)8(14(21)24-15)6-17-10-5-11(22-3)7(12(18)19)4-9(10)16/h4-6,17H,1-3H3,(H,18,19). The number of ether oxygens (including phenoxy) is 3. The number of anilines is 1. The van der Waals surface area contributed by atoms with Gasteiger partial charge in [0.25, 0.3) is 5.79 Å². The highest BCUT2D eigenvalue weighted by Gasteiger charge is 2.39. The van der Waals surface area contributed by atoms with Crippen molar-refractivity contribution >= 4 is 35.2 Å². The van der Waals surface area contributed by atoms with E-state index in [1.165, 1.54) is 33.1 Å². The minimum Gasteiger partial charge on any atom is -0.496 e. The normalized spacial score (nSPS) is 16.1. The maximum Gasteiger partial charge on any atom is 0.350 e. The Bertz CT molecular complexity index is 732. The lowest BCUT2D eigenvalue weighted by Gasteiger charge is -2.29. The fourth-order valence-corrected chi connectivity index (χ4v) is 2.15. The number of carboxylic acids is 1. The van der Waals surface area contributed by atoms with Gasteiger partial charge in [-0.3, -0.25) is 0 Å². The summed E-state index contributed by atoms with van der Waals surface area (Å²) in [6.45, 7) is 2.86. The summed E-state index contributed by atoms with van der Waals surface area (Å²) < 4.78 is 14.9. The summed E-state index contributed by atoms with van der Waals surface area (Å²) in [7, 11) is 1.30. The van der Waals surface area contributed by atoms with Gasteiger partial charge in [0, 0.05) is 26.1 Å². The van der Waals surface area contributed by atoms with Crippen LogP contribution in [-0.2, 0) is 19.1 Å². The Balaban J connectivity index is 2.30. The van der Waals surface area contributed by atoms with Crippen molar-refractivity contribution in [1.82, 2.24) is 0 Å². The van der Waals surface area contributed by atoms with Crippen molar-refractivity contribution < 1.29 is 33.7 Å². The second-order valence-electron chi connectivity index (χ2n) is 5.22. The van der Waals surface area contributed by atoms with E-state index >= 15 is 0 Å². The van der Waals surface area contributed by atoms with Gasteiger partial charge in [0.2, 0.25) is 0 Å². The Morgan fingerprint density at radius 3 is 2.38 bits per heavy atom. The van der Waals surface area contributed by atoms with E-state index in [0.29, 0.717) is 0 Å². The van der Waals surface area contributed by atoms with E-state index in [1.807, 2.05) is 0 Å². The lowest BCUT2D eigenvalue weighted by Crippen LogP contribution is -2.42. The maximum absolute atomic E-state index is 11.8. The third-order valence-electron chi connectivity index (χ3n) is 3.01. The van der Waals surface area contributed by atoms with Crippen LogP contribution in [0.25, 0.3) is 0 Å². The molecule has 1 heterocycles. The van der Waals surface area contributed by atoms with Crippen LogP contribution in [0.3, 0.4) is 0 Å². The van der Waals surface area contributed by atoms with Crippen LogP contribution in [0.5, 0.6) is 5.75 Å². The zero-order valence-electron chi connectivity index (χ0n) is 13.0. The summed E-state index contributed by atoms with van der Waals surface area (Å²) in [6, 6.07) is 2.51. The Kier molecular flexibility index (Phi) is 4.70. The summed E-state index contributed by atoms with van der Waals surface area (Å²) >= 11 is 6.00. The van der Waals surface area contributed by atoms with Crippen LogP contribution in [0.1, 0.15) is 24.2 Å². The van der Waals surface area contributed by atoms with Crippen molar-refractivity contribution in [2.45, 2.75) is 19.6 Å². The van der Waals surface area contributed by atoms with Gasteiger partial charge in [-0.2, -0.15) is 0 Å². The first-order chi connectivity index (χ1) is 11.1. The number of hydrogen-bond donors (Lipinski definition) is 2. The molecule has 128 valence electrons. The Labute approximate surface area is 141 Å². The van der Waals surface area contributed by atoms with E-state index in [2.05, 4.69) is 5.32 Å². The molecule has 9 heteroatoms. The Hall–Kier alpha value is -2.74. The molecular weight excluding hydrogens is 342 g/mol. The molecule has 0 bridgehead atoms. The van der Waals surface area contributed by atoms with Crippen molar-refractivity contribution in [3.8, 4) is 5.75 Å². The van der Waals surface area contributed by atoms with E-state index in [1.54, 1.807) is 0 Å². The first-order valence-corrected chi connectivity index (χ1v) is 7.06. The van der Waals surface area contributed by atoms with Gasteiger partial charge in [-0.05, 0) is 6.07 Å². The molecule has 1 fully saturated rings. The van der Waals surface area contributed by atoms with Crippen molar-refractivity contribution in [2.24, 2.45) is 0 Å². The summed E-state index contributed by atoms with van der Waals surface area (Å²) in [5, 5.41) is 11.8. The Morgan fingerprint density at radius 2 is 1.88 bits per heavy atom. The summed E-state index contributed by atoms with van der Waals surface area (Å²) in [5.41, 5.74) is -0.248. The molecule has 1 aliphatic heterocycles. The van der Waals surface area contributed by atoms with Gasteiger partial charge in [-0.25, -0.2) is 14.4 Å². The largest absolute Gasteiger partial charge is 0.496 e. The molecule has 0 aromatic heterocycles. The third kappa shape index (κ3) is 3.60. The lowest BCUT2D eigenvalue weighted by molar-refractivity contribution is -0.222. The van der Waals surface area contributed by atoms with E-state index in [0.717, 1.165) is 6.20 Å². The highest BCUT2D eigenvalue weighted by Crippen LogP contribution is 2.31. The number of benzene rings is 1. The van der Waals surface area contributed by atoms with Crippen LogP contribution in [0, 0.1) is 0 Å². The highest BCUT2D eigenvalue weighted by atomic mass is 35.5. The molecule has 0 radical (unpaired) electrons. The average molecular weight is 356 g/mol. The van der Waals surface area contributed by atoms with Crippen LogP contribution in [0.15, 0.2) is 23.9 Å². The first-order valence-electron chi connectivity index (χ1n) is 6.69. The topological polar surface area (TPSA) is 111 Å². The predicted octanol–water partition coefficient (Wildman–Crippen LogP) is 2.18. The molecule has 1 aliphatic rings. The molecule has 0 saturated carbocycles. The van der Waals surface area contributed by atoms with Gasteiger partial charge in [0.1, 0.15) is 11.3 Å². The summed E-state index contributed by atoms with van der Waals surface area (Å²) in [5.74, 6) is -4.19. The lowest BCUT2D eigenvalue weighted by atomic mass is 10.1. The fourth-order valence-electron chi connectivity index (χ4n) is 1.93. The number of halogens is 1. The number of carboxylic acid groups (broad SMARTS) is 1. The number of methoxy groups -OCH3 is 1. The quantitative estimate of drug-likeness (QED) is 0.480. The minimum atomic E-state index is -1.34. The first kappa shape index (κ1) is 17.6. The molecular formula is C15H14ClNO7. The van der Waals surface area contributed by atoms with Gasteiger partial charge >= 0.3 is 17.9 Å². The molecule has 0 aliphatic carbocycles. The van der Waals surface area contributed by atoms with Crippen LogP contribution in [0.2, 0.25) is 5.02 Å². The van der Waals surface area contributed by atoms with E-state index < -0.39 is 23.7 Å². The zero-order chi connectivity index (χ0) is 18.1. The van der Waals surface area contributed by atoms with Crippen LogP contribution < -0.4 is 10.1 Å². The van der Waals surface area contributed by atoms with Crippen LogP contribution in [0.4, 0.5) is 5.69 Å². The second kappa shape index (κ2) is 6.40. The number of hydrogen-bond acceptors (Lipinski definition) is 7. The third-order valence-corrected chi connectivity index (χ3v) is 3.32. The van der Waals surface area contributed by atoms with Crippen LogP contribution >= 0.6 is 11.6 Å². The number of nitrogens with one attached hydrogen (secondary N) is 1. The van der Waals surface area contributed by atoms with Crippen molar-refractivity contribution in [2.75, 3.05) is 12.4 Å². The number of rotatable bonds is 4. The number of esters is 2. The summed E-state index contributed by atoms with van der Waals surface area (Å²) in [6.07, 6.45) is 1.07. The highest BCUT2D eigenvalue weighted by molar-refractivity contribution is 6.33. The number of aromatic carboxylic acids is 1. The number of cyclic esters (lactones) is 2. The molecule has 0 amide bonds. The second-order valence-corrected chi connectivity index (χ2v) is 5.63. The molecule has 0 atom stereocenters. The zero-order valence-corrected chi connectivity index (χ0v) is 13.8. The minimum absolute atomic E-state index is 0.0581. The summed E-state index contributed by atoms with van der Waals surface area (Å²) in [4.78, 5) is 34.8. The van der Waals surface area contributed by atoms with Crippen molar-refractivity contribution in [3.05, 3.63) is 34.5 Å². The molecule has 24 heavy (non-hydrogen) atoms. The Morgan fingerprint density at radius 1 is 1.29 bits per heavy atom. The maximum atomic E-state index is 11.8. The van der Waals surface area contributed by atoms with Gasteiger partial charge in [0.05, 0.1) is 17.8 Å². The predicted molar refractivity (Wildman–Crippen MR) is 82.9 cm³/mol. The van der Waals surface area contributed by atoms with E-state index in [9.17, 15) is 14.4 Å². The SMILES string of the molecule is COc1cc(NC=C2C(=O)OC(C)(C)OC2=O)c(Cl)cc1C(=O)O. The van der Waals surface area contributed by atoms with E-state index in [-0.39, 0.29) is 27.6 Å². The molecule has 0 spiro atoms. The van der Waals surface area contributed by atoms with Gasteiger partial charge in [0.15, 0.2) is 5.57 Å². The molecule has 2 rings (SSSR count). The van der Waals surface area contributed by atoms with Gasteiger partial charge in [-0.1, -0.05) is 11.6 Å². The molecule has 1 saturated heterocycles. The fraction of sp³-hybridized carbons (Fsp3) is 0.267. The van der Waals surface area contributed by atoms with Crippen molar-refractivity contribution in [1.29, 1.82) is 0 Å².